The number of aromatic nitrogens is 1. The van der Waals surface area contributed by atoms with Crippen LogP contribution in [-0.2, 0) is 0 Å². The molecule has 0 spiro atoms. The van der Waals surface area contributed by atoms with Crippen LogP contribution in [0, 0.1) is 13.8 Å². The molecule has 0 atom stereocenters. The van der Waals surface area contributed by atoms with Crippen molar-refractivity contribution in [2.24, 2.45) is 0 Å². The molecule has 0 aliphatic heterocycles. The molecule has 2 aromatic rings. The van der Waals surface area contributed by atoms with E-state index < -0.39 is 0 Å². The quantitative estimate of drug-likeness (QED) is 0.748. The zero-order valence-corrected chi connectivity index (χ0v) is 8.97. The fourth-order valence-electron chi connectivity index (χ4n) is 1.15. The van der Waals surface area contributed by atoms with E-state index >= 15 is 0 Å². The van der Waals surface area contributed by atoms with Crippen LogP contribution in [0.25, 0.3) is 0 Å². The third kappa shape index (κ3) is 1.93. The van der Waals surface area contributed by atoms with Gasteiger partial charge in [-0.1, -0.05) is 29.5 Å². The minimum atomic E-state index is 0.705. The number of rotatable bonds is 2. The van der Waals surface area contributed by atoms with Crippen LogP contribution in [-0.4, -0.2) is 4.98 Å². The zero-order chi connectivity index (χ0) is 9.97. The highest BCUT2D eigenvalue weighted by Crippen LogP contribution is 2.27. The average molecular weight is 205 g/mol. The second-order valence-corrected chi connectivity index (χ2v) is 4.30. The van der Waals surface area contributed by atoms with E-state index in [1.165, 1.54) is 0 Å². The Kier molecular flexibility index (Phi) is 2.50. The number of hydrogen-bond acceptors (Lipinski definition) is 3. The Hall–Kier alpha value is -1.35. The molecule has 0 saturated carbocycles. The summed E-state index contributed by atoms with van der Waals surface area (Å²) in [6.45, 7) is 4.04. The second kappa shape index (κ2) is 3.80. The van der Waals surface area contributed by atoms with Crippen LogP contribution in [0.2, 0.25) is 0 Å². The van der Waals surface area contributed by atoms with Crippen LogP contribution in [0.5, 0.6) is 10.9 Å². The first-order chi connectivity index (χ1) is 6.75. The molecule has 72 valence electrons. The summed E-state index contributed by atoms with van der Waals surface area (Å²) in [5, 5.41) is 0.705. The largest absolute Gasteiger partial charge is 0.431 e. The van der Waals surface area contributed by atoms with Crippen molar-refractivity contribution in [1.82, 2.24) is 4.98 Å². The molecule has 0 amide bonds. The van der Waals surface area contributed by atoms with E-state index in [0.717, 1.165) is 16.2 Å². The Labute approximate surface area is 87.2 Å². The maximum absolute atomic E-state index is 5.64. The van der Waals surface area contributed by atoms with Crippen LogP contribution in [0.15, 0.2) is 30.5 Å². The lowest BCUT2D eigenvalue weighted by molar-refractivity contribution is 0.475. The summed E-state index contributed by atoms with van der Waals surface area (Å²) in [6, 6.07) is 7.93. The first-order valence-electron chi connectivity index (χ1n) is 4.41. The van der Waals surface area contributed by atoms with Gasteiger partial charge in [0.05, 0.1) is 0 Å². The fraction of sp³-hybridized carbons (Fsp3) is 0.182. The van der Waals surface area contributed by atoms with Crippen molar-refractivity contribution >= 4 is 11.3 Å². The van der Waals surface area contributed by atoms with Gasteiger partial charge in [-0.3, -0.25) is 0 Å². The van der Waals surface area contributed by atoms with Crippen LogP contribution in [0.4, 0.5) is 0 Å². The SMILES string of the molecule is Cc1cnc(Oc2ccccc2C)s1. The van der Waals surface area contributed by atoms with E-state index in [2.05, 4.69) is 4.98 Å². The van der Waals surface area contributed by atoms with Crippen LogP contribution >= 0.6 is 11.3 Å². The molecule has 0 aliphatic rings. The lowest BCUT2D eigenvalue weighted by atomic mass is 10.2. The summed E-state index contributed by atoms with van der Waals surface area (Å²) in [6.07, 6.45) is 1.82. The maximum Gasteiger partial charge on any atom is 0.278 e. The molecular formula is C11H11NOS. The summed E-state index contributed by atoms with van der Waals surface area (Å²) < 4.78 is 5.64. The normalized spacial score (nSPS) is 10.1. The van der Waals surface area contributed by atoms with Crippen molar-refractivity contribution in [3.63, 3.8) is 0 Å². The van der Waals surface area contributed by atoms with Crippen molar-refractivity contribution in [2.75, 3.05) is 0 Å². The number of benzene rings is 1. The fourth-order valence-corrected chi connectivity index (χ4v) is 1.76. The van der Waals surface area contributed by atoms with Gasteiger partial charge in [0.1, 0.15) is 5.75 Å². The monoisotopic (exact) mass is 205 g/mol. The van der Waals surface area contributed by atoms with Crippen molar-refractivity contribution in [3.8, 4) is 10.9 Å². The average Bonchev–Trinajstić information content (AvgIpc) is 2.56. The predicted molar refractivity (Wildman–Crippen MR) is 58.1 cm³/mol. The van der Waals surface area contributed by atoms with Gasteiger partial charge in [0, 0.05) is 11.1 Å². The predicted octanol–water partition coefficient (Wildman–Crippen LogP) is 3.55. The third-order valence-corrected chi connectivity index (χ3v) is 2.68. The molecule has 0 unspecified atom stereocenters. The van der Waals surface area contributed by atoms with Gasteiger partial charge in [-0.25, -0.2) is 4.98 Å². The van der Waals surface area contributed by atoms with Gasteiger partial charge in [0.15, 0.2) is 0 Å². The van der Waals surface area contributed by atoms with E-state index in [9.17, 15) is 0 Å². The van der Waals surface area contributed by atoms with Gasteiger partial charge >= 0.3 is 0 Å². The summed E-state index contributed by atoms with van der Waals surface area (Å²) in [7, 11) is 0. The van der Waals surface area contributed by atoms with E-state index in [0.29, 0.717) is 5.19 Å². The highest BCUT2D eigenvalue weighted by Gasteiger charge is 2.03. The van der Waals surface area contributed by atoms with E-state index in [1.54, 1.807) is 11.3 Å². The van der Waals surface area contributed by atoms with Crippen LogP contribution < -0.4 is 4.74 Å². The second-order valence-electron chi connectivity index (χ2n) is 3.10. The van der Waals surface area contributed by atoms with Crippen molar-refractivity contribution < 1.29 is 4.74 Å². The first kappa shape index (κ1) is 9.21. The molecule has 1 aromatic heterocycles. The van der Waals surface area contributed by atoms with Gasteiger partial charge in [-0.05, 0) is 25.5 Å². The standard InChI is InChI=1S/C11H11NOS/c1-8-5-3-4-6-10(8)13-11-12-7-9(2)14-11/h3-7H,1-2H3. The minimum absolute atomic E-state index is 0.705. The number of thiazole rings is 1. The maximum atomic E-state index is 5.64. The van der Waals surface area contributed by atoms with Gasteiger partial charge in [0.2, 0.25) is 0 Å². The Bertz CT molecular complexity index is 436. The molecule has 0 fully saturated rings. The topological polar surface area (TPSA) is 22.1 Å². The molecule has 1 aromatic carbocycles. The molecule has 0 N–H and O–H groups in total. The van der Waals surface area contributed by atoms with Crippen molar-refractivity contribution in [2.45, 2.75) is 13.8 Å². The van der Waals surface area contributed by atoms with Gasteiger partial charge in [-0.15, -0.1) is 0 Å². The molecule has 3 heteroatoms. The molecule has 1 heterocycles. The van der Waals surface area contributed by atoms with E-state index in [-0.39, 0.29) is 0 Å². The molecule has 2 nitrogen and oxygen atoms in total. The lowest BCUT2D eigenvalue weighted by Gasteiger charge is -2.03. The highest BCUT2D eigenvalue weighted by atomic mass is 32.1. The van der Waals surface area contributed by atoms with Gasteiger partial charge in [-0.2, -0.15) is 0 Å². The van der Waals surface area contributed by atoms with E-state index in [1.807, 2.05) is 44.3 Å². The molecule has 0 saturated heterocycles. The van der Waals surface area contributed by atoms with E-state index in [4.69, 9.17) is 4.74 Å². The smallest absolute Gasteiger partial charge is 0.278 e. The van der Waals surface area contributed by atoms with Crippen LogP contribution in [0.3, 0.4) is 0 Å². The van der Waals surface area contributed by atoms with Crippen molar-refractivity contribution in [1.29, 1.82) is 0 Å². The minimum Gasteiger partial charge on any atom is -0.431 e. The Morgan fingerprint density at radius 3 is 2.64 bits per heavy atom. The van der Waals surface area contributed by atoms with Gasteiger partial charge in [0.25, 0.3) is 5.19 Å². The number of aryl methyl sites for hydroxylation is 2. The number of nitrogens with zero attached hydrogens (tertiary/aromatic N) is 1. The third-order valence-electron chi connectivity index (χ3n) is 1.89. The van der Waals surface area contributed by atoms with Crippen molar-refractivity contribution in [3.05, 3.63) is 40.9 Å². The lowest BCUT2D eigenvalue weighted by Crippen LogP contribution is -1.85. The Morgan fingerprint density at radius 1 is 1.21 bits per heavy atom. The molecule has 2 rings (SSSR count). The Balaban J connectivity index is 2.23. The molecule has 0 aliphatic carbocycles. The highest BCUT2D eigenvalue weighted by molar-refractivity contribution is 7.13. The Morgan fingerprint density at radius 2 is 2.00 bits per heavy atom. The summed E-state index contributed by atoms with van der Waals surface area (Å²) in [5.41, 5.74) is 1.13. The molecule has 14 heavy (non-hydrogen) atoms. The summed E-state index contributed by atoms with van der Waals surface area (Å²) in [4.78, 5) is 5.31. The number of hydrogen-bond donors (Lipinski definition) is 0. The first-order valence-corrected chi connectivity index (χ1v) is 5.23. The molecular weight excluding hydrogens is 194 g/mol. The number of para-hydroxylation sites is 1. The molecule has 0 radical (unpaired) electrons. The summed E-state index contributed by atoms with van der Waals surface area (Å²) in [5.74, 6) is 0.877. The summed E-state index contributed by atoms with van der Waals surface area (Å²) >= 11 is 1.56. The number of ether oxygens (including phenoxy) is 1. The van der Waals surface area contributed by atoms with Crippen LogP contribution in [0.1, 0.15) is 10.4 Å². The zero-order valence-electron chi connectivity index (χ0n) is 8.15. The van der Waals surface area contributed by atoms with Gasteiger partial charge < -0.3 is 4.74 Å². The molecule has 0 bridgehead atoms.